The van der Waals surface area contributed by atoms with Crippen molar-refractivity contribution >= 4 is 11.8 Å². The highest BCUT2D eigenvalue weighted by molar-refractivity contribution is 5.72. The normalized spacial score (nSPS) is 13.5. The summed E-state index contributed by atoms with van der Waals surface area (Å²) in [4.78, 5) is 19.1. The number of rotatable bonds is 7. The van der Waals surface area contributed by atoms with Crippen LogP contribution in [0, 0.1) is 0 Å². The van der Waals surface area contributed by atoms with Crippen molar-refractivity contribution in [3.05, 3.63) is 17.9 Å². The maximum atomic E-state index is 10.5. The van der Waals surface area contributed by atoms with Crippen LogP contribution in [-0.2, 0) is 11.3 Å². The van der Waals surface area contributed by atoms with E-state index >= 15 is 0 Å². The van der Waals surface area contributed by atoms with Crippen LogP contribution < -0.4 is 17.1 Å². The topological polar surface area (TPSA) is 120 Å². The standard InChI is InChI=1S/C12H21N5O2/c1-2-17-8-6-10(14)16-12(17)15-7-4-3-5-9(13)11(18)19/h6,8-9H,2-5,7,13H2,1H3,(H,18,19)(H2,14,15,16). The van der Waals surface area contributed by atoms with Gasteiger partial charge in [-0.3, -0.25) is 9.79 Å². The molecule has 7 nitrogen and oxygen atoms in total. The van der Waals surface area contributed by atoms with Crippen LogP contribution in [0.5, 0.6) is 0 Å². The Morgan fingerprint density at radius 2 is 2.32 bits per heavy atom. The highest BCUT2D eigenvalue weighted by Crippen LogP contribution is 1.99. The number of unbranched alkanes of at least 4 members (excludes halogenated alkanes) is 1. The summed E-state index contributed by atoms with van der Waals surface area (Å²) in [5, 5.41) is 8.64. The molecule has 0 fully saturated rings. The molecule has 0 saturated carbocycles. The zero-order valence-corrected chi connectivity index (χ0v) is 11.1. The number of carboxylic acids is 1. The van der Waals surface area contributed by atoms with E-state index in [0.717, 1.165) is 19.4 Å². The van der Waals surface area contributed by atoms with E-state index in [1.54, 1.807) is 6.07 Å². The minimum absolute atomic E-state index is 0.441. The number of anilines is 1. The molecule has 0 aromatic carbocycles. The average Bonchev–Trinajstić information content (AvgIpc) is 2.38. The van der Waals surface area contributed by atoms with Gasteiger partial charge in [-0.1, -0.05) is 0 Å². The van der Waals surface area contributed by atoms with Crippen molar-refractivity contribution in [2.45, 2.75) is 38.8 Å². The Bertz CT molecular complexity index is 483. The third-order valence-electron chi connectivity index (χ3n) is 2.75. The summed E-state index contributed by atoms with van der Waals surface area (Å²) in [7, 11) is 0. The van der Waals surface area contributed by atoms with Crippen LogP contribution in [0.25, 0.3) is 0 Å². The predicted molar refractivity (Wildman–Crippen MR) is 72.2 cm³/mol. The Morgan fingerprint density at radius 1 is 1.58 bits per heavy atom. The van der Waals surface area contributed by atoms with Crippen molar-refractivity contribution in [1.82, 2.24) is 9.55 Å². The molecule has 1 aromatic rings. The molecule has 1 aromatic heterocycles. The molecular formula is C12H21N5O2. The van der Waals surface area contributed by atoms with Gasteiger partial charge in [0.1, 0.15) is 11.9 Å². The molecule has 0 radical (unpaired) electrons. The summed E-state index contributed by atoms with van der Waals surface area (Å²) in [6, 6.07) is 0.945. The summed E-state index contributed by atoms with van der Waals surface area (Å²) in [5.74, 6) is -0.519. The van der Waals surface area contributed by atoms with Gasteiger partial charge in [0.25, 0.3) is 0 Å². The average molecular weight is 267 g/mol. The molecule has 5 N–H and O–H groups in total. The highest BCUT2D eigenvalue weighted by Gasteiger charge is 2.09. The monoisotopic (exact) mass is 267 g/mol. The van der Waals surface area contributed by atoms with E-state index in [4.69, 9.17) is 16.6 Å². The quantitative estimate of drug-likeness (QED) is 0.599. The van der Waals surface area contributed by atoms with Crippen LogP contribution in [0.3, 0.4) is 0 Å². The first kappa shape index (κ1) is 15.2. The van der Waals surface area contributed by atoms with E-state index in [1.807, 2.05) is 17.7 Å². The molecule has 0 aliphatic carbocycles. The first-order valence-electron chi connectivity index (χ1n) is 6.36. The number of hydrogen-bond donors (Lipinski definition) is 3. The van der Waals surface area contributed by atoms with Gasteiger partial charge < -0.3 is 21.1 Å². The number of nitrogens with two attached hydrogens (primary N) is 2. The van der Waals surface area contributed by atoms with Crippen LogP contribution >= 0.6 is 0 Å². The van der Waals surface area contributed by atoms with Crippen molar-refractivity contribution in [2.75, 3.05) is 12.3 Å². The Hall–Kier alpha value is -1.89. The molecular weight excluding hydrogens is 246 g/mol. The molecule has 0 amide bonds. The third-order valence-corrected chi connectivity index (χ3v) is 2.75. The van der Waals surface area contributed by atoms with Crippen molar-refractivity contribution in [2.24, 2.45) is 10.7 Å². The lowest BCUT2D eigenvalue weighted by Crippen LogP contribution is -2.29. The molecule has 19 heavy (non-hydrogen) atoms. The number of nitrogens with zero attached hydrogens (tertiary/aromatic N) is 3. The summed E-state index contributed by atoms with van der Waals surface area (Å²) < 4.78 is 1.90. The van der Waals surface area contributed by atoms with Crippen LogP contribution in [0.1, 0.15) is 26.2 Å². The molecule has 0 spiro atoms. The van der Waals surface area contributed by atoms with E-state index < -0.39 is 12.0 Å². The van der Waals surface area contributed by atoms with Gasteiger partial charge in [0, 0.05) is 19.3 Å². The lowest BCUT2D eigenvalue weighted by Gasteiger charge is -2.05. The van der Waals surface area contributed by atoms with Gasteiger partial charge in [-0.15, -0.1) is 0 Å². The first-order chi connectivity index (χ1) is 9.04. The summed E-state index contributed by atoms with van der Waals surface area (Å²) in [5.41, 5.74) is 11.6. The van der Waals surface area contributed by atoms with Crippen LogP contribution in [0.15, 0.2) is 17.3 Å². The molecule has 1 heterocycles. The van der Waals surface area contributed by atoms with Gasteiger partial charge in [0.05, 0.1) is 0 Å². The predicted octanol–water partition coefficient (Wildman–Crippen LogP) is -0.0319. The van der Waals surface area contributed by atoms with Gasteiger partial charge in [0.2, 0.25) is 5.62 Å². The van der Waals surface area contributed by atoms with Gasteiger partial charge >= 0.3 is 5.97 Å². The fraction of sp³-hybridized carbons (Fsp3) is 0.583. The Labute approximate surface area is 112 Å². The number of aromatic nitrogens is 2. The minimum atomic E-state index is -0.960. The lowest BCUT2D eigenvalue weighted by atomic mass is 10.1. The van der Waals surface area contributed by atoms with Crippen molar-refractivity contribution < 1.29 is 9.90 Å². The van der Waals surface area contributed by atoms with Gasteiger partial charge in [-0.25, -0.2) is 0 Å². The Morgan fingerprint density at radius 3 is 2.95 bits per heavy atom. The molecule has 1 rings (SSSR count). The zero-order valence-electron chi connectivity index (χ0n) is 11.1. The van der Waals surface area contributed by atoms with Gasteiger partial charge in [0.15, 0.2) is 0 Å². The summed E-state index contributed by atoms with van der Waals surface area (Å²) in [6.07, 6.45) is 3.82. The molecule has 0 aliphatic heterocycles. The minimum Gasteiger partial charge on any atom is -0.480 e. The fourth-order valence-corrected chi connectivity index (χ4v) is 1.60. The van der Waals surface area contributed by atoms with Gasteiger partial charge in [-0.05, 0) is 32.3 Å². The summed E-state index contributed by atoms with van der Waals surface area (Å²) >= 11 is 0. The number of carbonyl (C=O) groups is 1. The molecule has 106 valence electrons. The highest BCUT2D eigenvalue weighted by atomic mass is 16.4. The number of carboxylic acid groups (broad SMARTS) is 1. The number of aryl methyl sites for hydroxylation is 1. The number of aliphatic carboxylic acids is 1. The molecule has 0 saturated heterocycles. The second kappa shape index (κ2) is 7.52. The maximum absolute atomic E-state index is 10.5. The molecule has 0 bridgehead atoms. The van der Waals surface area contributed by atoms with E-state index in [0.29, 0.717) is 24.4 Å². The van der Waals surface area contributed by atoms with Crippen molar-refractivity contribution in [1.29, 1.82) is 0 Å². The third kappa shape index (κ3) is 5.09. The second-order valence-electron chi connectivity index (χ2n) is 4.26. The smallest absolute Gasteiger partial charge is 0.320 e. The largest absolute Gasteiger partial charge is 0.480 e. The summed E-state index contributed by atoms with van der Waals surface area (Å²) in [6.45, 7) is 3.36. The van der Waals surface area contributed by atoms with Crippen LogP contribution in [0.2, 0.25) is 0 Å². The molecule has 0 aliphatic rings. The van der Waals surface area contributed by atoms with E-state index in [9.17, 15) is 4.79 Å². The van der Waals surface area contributed by atoms with E-state index in [-0.39, 0.29) is 0 Å². The SMILES string of the molecule is CCn1ccc(N)nc1=NCCCCC(N)C(=O)O. The first-order valence-corrected chi connectivity index (χ1v) is 6.36. The van der Waals surface area contributed by atoms with Crippen LogP contribution in [0.4, 0.5) is 5.82 Å². The fourth-order valence-electron chi connectivity index (χ4n) is 1.60. The van der Waals surface area contributed by atoms with Crippen molar-refractivity contribution in [3.8, 4) is 0 Å². The maximum Gasteiger partial charge on any atom is 0.320 e. The van der Waals surface area contributed by atoms with E-state index in [2.05, 4.69) is 9.98 Å². The van der Waals surface area contributed by atoms with Gasteiger partial charge in [-0.2, -0.15) is 4.98 Å². The molecule has 1 atom stereocenters. The Kier molecular flexibility index (Phi) is 6.01. The van der Waals surface area contributed by atoms with E-state index in [1.165, 1.54) is 0 Å². The number of nitrogen functional groups attached to an aromatic ring is 1. The van der Waals surface area contributed by atoms with Crippen molar-refractivity contribution in [3.63, 3.8) is 0 Å². The Balaban J connectivity index is 2.49. The zero-order chi connectivity index (χ0) is 14.3. The molecule has 7 heteroatoms. The molecule has 1 unspecified atom stereocenters. The second-order valence-corrected chi connectivity index (χ2v) is 4.26. The lowest BCUT2D eigenvalue weighted by molar-refractivity contribution is -0.138. The number of hydrogen-bond acceptors (Lipinski definition) is 5. The van der Waals surface area contributed by atoms with Crippen LogP contribution in [-0.4, -0.2) is 33.2 Å².